The molecule has 0 radical (unpaired) electrons. The first-order valence-corrected chi connectivity index (χ1v) is 6.03. The van der Waals surface area contributed by atoms with Crippen molar-refractivity contribution in [3.63, 3.8) is 0 Å². The molecule has 74 valence electrons. The lowest BCUT2D eigenvalue weighted by Gasteiger charge is -1.97. The fourth-order valence-corrected chi connectivity index (χ4v) is 3.30. The molecule has 1 heterocycles. The molecule has 1 heteroatoms. The summed E-state index contributed by atoms with van der Waals surface area (Å²) < 4.78 is 1.40. The predicted molar refractivity (Wildman–Crippen MR) is 69.2 cm³/mol. The fourth-order valence-electron chi connectivity index (χ4n) is 2.10. The second-order valence-corrected chi connectivity index (χ2v) is 4.95. The minimum Gasteiger partial charge on any atom is -0.135 e. The lowest BCUT2D eigenvalue weighted by atomic mass is 10.1. The molecule has 0 N–H and O–H groups in total. The number of allylic oxidation sites excluding steroid dienone is 2. The van der Waals surface area contributed by atoms with Crippen LogP contribution >= 0.6 is 11.3 Å². The third-order valence-electron chi connectivity index (χ3n) is 2.82. The van der Waals surface area contributed by atoms with E-state index in [1.54, 1.807) is 0 Å². The molecule has 0 saturated heterocycles. The highest BCUT2D eigenvalue weighted by atomic mass is 32.1. The summed E-state index contributed by atoms with van der Waals surface area (Å²) in [6, 6.07) is 6.54. The van der Waals surface area contributed by atoms with Gasteiger partial charge in [0.1, 0.15) is 0 Å². The van der Waals surface area contributed by atoms with Crippen LogP contribution in [0, 0.1) is 6.92 Å². The average molecular weight is 212 g/mol. The molecule has 0 aliphatic heterocycles. The second-order valence-electron chi connectivity index (χ2n) is 3.87. The van der Waals surface area contributed by atoms with Gasteiger partial charge in [-0.2, -0.15) is 0 Å². The molecule has 0 atom stereocenters. The number of benzene rings is 1. The molecule has 15 heavy (non-hydrogen) atoms. The lowest BCUT2D eigenvalue weighted by molar-refractivity contribution is 1.44. The molecule has 1 aliphatic rings. The Labute approximate surface area is 93.6 Å². The van der Waals surface area contributed by atoms with Gasteiger partial charge in [-0.25, -0.2) is 0 Å². The van der Waals surface area contributed by atoms with Crippen molar-refractivity contribution in [3.05, 3.63) is 46.4 Å². The summed E-state index contributed by atoms with van der Waals surface area (Å²) in [5.74, 6) is 0. The van der Waals surface area contributed by atoms with Crippen molar-refractivity contribution in [3.8, 4) is 0 Å². The number of thiophene rings is 1. The Morgan fingerprint density at radius 1 is 1.13 bits per heavy atom. The van der Waals surface area contributed by atoms with Crippen molar-refractivity contribution in [1.29, 1.82) is 0 Å². The SMILES string of the molecule is Cc1cccc2sc3c(c12)C=CCC=C3. The molecular formula is C14H12S. The second kappa shape index (κ2) is 3.35. The van der Waals surface area contributed by atoms with E-state index in [1.807, 2.05) is 11.3 Å². The Morgan fingerprint density at radius 2 is 2.00 bits per heavy atom. The van der Waals surface area contributed by atoms with Crippen molar-refractivity contribution < 1.29 is 0 Å². The summed E-state index contributed by atoms with van der Waals surface area (Å²) in [6.45, 7) is 2.19. The zero-order valence-corrected chi connectivity index (χ0v) is 9.47. The van der Waals surface area contributed by atoms with Crippen LogP contribution in [0.25, 0.3) is 22.2 Å². The van der Waals surface area contributed by atoms with Crippen LogP contribution in [-0.4, -0.2) is 0 Å². The van der Waals surface area contributed by atoms with Crippen molar-refractivity contribution >= 4 is 33.6 Å². The van der Waals surface area contributed by atoms with Crippen LogP contribution < -0.4 is 0 Å². The molecule has 3 rings (SSSR count). The quantitative estimate of drug-likeness (QED) is 0.596. The largest absolute Gasteiger partial charge is 0.135 e. The standard InChI is InChI=1S/C14H12S/c1-10-6-5-9-13-14(10)11-7-3-2-4-8-12(11)15-13/h3-9H,2H2,1H3. The van der Waals surface area contributed by atoms with E-state index in [2.05, 4.69) is 49.4 Å². The Bertz CT molecular complexity index is 570. The first kappa shape index (κ1) is 8.93. The molecule has 0 amide bonds. The summed E-state index contributed by atoms with van der Waals surface area (Å²) in [6.07, 6.45) is 10.0. The van der Waals surface area contributed by atoms with E-state index in [-0.39, 0.29) is 0 Å². The molecule has 1 aliphatic carbocycles. The average Bonchev–Trinajstić information content (AvgIpc) is 2.43. The minimum atomic E-state index is 1.05. The van der Waals surface area contributed by atoms with Gasteiger partial charge in [0.15, 0.2) is 0 Å². The van der Waals surface area contributed by atoms with Gasteiger partial charge in [-0.15, -0.1) is 11.3 Å². The van der Waals surface area contributed by atoms with Crippen molar-refractivity contribution in [2.75, 3.05) is 0 Å². The van der Waals surface area contributed by atoms with Crippen LogP contribution in [0.1, 0.15) is 22.4 Å². The Morgan fingerprint density at radius 3 is 2.93 bits per heavy atom. The van der Waals surface area contributed by atoms with E-state index >= 15 is 0 Å². The van der Waals surface area contributed by atoms with E-state index in [0.717, 1.165) is 6.42 Å². The van der Waals surface area contributed by atoms with Gasteiger partial charge in [-0.1, -0.05) is 30.4 Å². The summed E-state index contributed by atoms with van der Waals surface area (Å²) in [7, 11) is 0. The van der Waals surface area contributed by atoms with Gasteiger partial charge in [-0.05, 0) is 31.1 Å². The smallest absolute Gasteiger partial charge is 0.0358 e. The molecule has 0 saturated carbocycles. The topological polar surface area (TPSA) is 0 Å². The monoisotopic (exact) mass is 212 g/mol. The van der Waals surface area contributed by atoms with Gasteiger partial charge in [-0.3, -0.25) is 0 Å². The normalized spacial score (nSPS) is 14.2. The predicted octanol–water partition coefficient (Wildman–Crippen LogP) is 4.64. The summed E-state index contributed by atoms with van der Waals surface area (Å²) in [5.41, 5.74) is 2.78. The number of hydrogen-bond donors (Lipinski definition) is 0. The summed E-state index contributed by atoms with van der Waals surface area (Å²) in [4.78, 5) is 1.40. The van der Waals surface area contributed by atoms with Gasteiger partial charge in [0.2, 0.25) is 0 Å². The first-order chi connectivity index (χ1) is 7.36. The van der Waals surface area contributed by atoms with E-state index in [0.29, 0.717) is 0 Å². The van der Waals surface area contributed by atoms with Crippen molar-refractivity contribution in [2.45, 2.75) is 13.3 Å². The van der Waals surface area contributed by atoms with E-state index < -0.39 is 0 Å². The zero-order valence-electron chi connectivity index (χ0n) is 8.66. The van der Waals surface area contributed by atoms with Gasteiger partial charge in [0.05, 0.1) is 0 Å². The molecule has 0 nitrogen and oxygen atoms in total. The number of rotatable bonds is 0. The van der Waals surface area contributed by atoms with Gasteiger partial charge >= 0.3 is 0 Å². The highest BCUT2D eigenvalue weighted by Gasteiger charge is 2.10. The van der Waals surface area contributed by atoms with Crippen LogP contribution in [0.4, 0.5) is 0 Å². The Hall–Kier alpha value is -1.34. The molecule has 0 spiro atoms. The maximum Gasteiger partial charge on any atom is 0.0358 e. The summed E-state index contributed by atoms with van der Waals surface area (Å²) >= 11 is 1.89. The van der Waals surface area contributed by atoms with Crippen LogP contribution in [0.3, 0.4) is 0 Å². The van der Waals surface area contributed by atoms with Gasteiger partial charge < -0.3 is 0 Å². The van der Waals surface area contributed by atoms with Crippen LogP contribution in [0.2, 0.25) is 0 Å². The highest BCUT2D eigenvalue weighted by Crippen LogP contribution is 2.36. The maximum atomic E-state index is 2.27. The molecule has 0 unspecified atom stereocenters. The molecule has 0 bridgehead atoms. The number of aryl methyl sites for hydroxylation is 1. The van der Waals surface area contributed by atoms with Gasteiger partial charge in [0, 0.05) is 20.5 Å². The molecule has 1 aromatic heterocycles. The number of fused-ring (bicyclic) bond motifs is 3. The fraction of sp³-hybridized carbons (Fsp3) is 0.143. The van der Waals surface area contributed by atoms with Crippen molar-refractivity contribution in [2.24, 2.45) is 0 Å². The third kappa shape index (κ3) is 1.35. The van der Waals surface area contributed by atoms with E-state index in [4.69, 9.17) is 0 Å². The molecule has 0 fully saturated rings. The third-order valence-corrected chi connectivity index (χ3v) is 3.95. The van der Waals surface area contributed by atoms with E-state index in [9.17, 15) is 0 Å². The summed E-state index contributed by atoms with van der Waals surface area (Å²) in [5, 5.41) is 1.43. The van der Waals surface area contributed by atoms with Crippen LogP contribution in [0.15, 0.2) is 30.4 Å². The molecule has 2 aromatic rings. The number of hydrogen-bond acceptors (Lipinski definition) is 1. The Kier molecular flexibility index (Phi) is 2.00. The molecular weight excluding hydrogens is 200 g/mol. The zero-order chi connectivity index (χ0) is 10.3. The first-order valence-electron chi connectivity index (χ1n) is 5.21. The van der Waals surface area contributed by atoms with Crippen LogP contribution in [-0.2, 0) is 0 Å². The highest BCUT2D eigenvalue weighted by molar-refractivity contribution is 7.20. The van der Waals surface area contributed by atoms with Crippen molar-refractivity contribution in [1.82, 2.24) is 0 Å². The minimum absolute atomic E-state index is 1.05. The lowest BCUT2D eigenvalue weighted by Crippen LogP contribution is -1.76. The molecule has 1 aromatic carbocycles. The van der Waals surface area contributed by atoms with E-state index in [1.165, 1.54) is 26.1 Å². The maximum absolute atomic E-state index is 2.27. The van der Waals surface area contributed by atoms with Crippen LogP contribution in [0.5, 0.6) is 0 Å². The Balaban J connectivity index is 2.45. The van der Waals surface area contributed by atoms with Gasteiger partial charge in [0.25, 0.3) is 0 Å².